The summed E-state index contributed by atoms with van der Waals surface area (Å²) in [5.41, 5.74) is 2.30. The van der Waals surface area contributed by atoms with Crippen LogP contribution in [0.1, 0.15) is 30.5 Å². The fraction of sp³-hybridized carbons (Fsp3) is 0.458. The Labute approximate surface area is 173 Å². The zero-order valence-corrected chi connectivity index (χ0v) is 17.3. The van der Waals surface area contributed by atoms with Gasteiger partial charge in [0.05, 0.1) is 26.4 Å². The first-order valence-electron chi connectivity index (χ1n) is 10.4. The van der Waals surface area contributed by atoms with Crippen LogP contribution >= 0.6 is 0 Å². The van der Waals surface area contributed by atoms with Crippen molar-refractivity contribution in [1.29, 1.82) is 0 Å². The molecule has 5 nitrogen and oxygen atoms in total. The van der Waals surface area contributed by atoms with Crippen molar-refractivity contribution in [3.05, 3.63) is 65.7 Å². The van der Waals surface area contributed by atoms with Gasteiger partial charge in [-0.15, -0.1) is 0 Å². The van der Waals surface area contributed by atoms with Crippen molar-refractivity contribution in [2.24, 2.45) is 5.41 Å². The predicted octanol–water partition coefficient (Wildman–Crippen LogP) is 3.51. The van der Waals surface area contributed by atoms with E-state index in [0.29, 0.717) is 19.6 Å². The number of amides is 1. The molecule has 29 heavy (non-hydrogen) atoms. The molecule has 0 aromatic heterocycles. The smallest absolute Gasteiger partial charge is 0.223 e. The van der Waals surface area contributed by atoms with E-state index in [1.165, 1.54) is 11.1 Å². The largest absolute Gasteiger partial charge is 0.497 e. The standard InChI is InChI=1S/C24H30N2O3/c1-19(21-6-4-3-5-7-21)26-17-24(14-23(26)27)16-25(12-13-29-18-24)15-20-8-10-22(28-2)11-9-20/h3-11,19H,12-18H2,1-2H3/t19-,24+/m1/s1. The van der Waals surface area contributed by atoms with Gasteiger partial charge >= 0.3 is 0 Å². The first-order valence-corrected chi connectivity index (χ1v) is 10.4. The summed E-state index contributed by atoms with van der Waals surface area (Å²) >= 11 is 0. The number of nitrogens with zero attached hydrogens (tertiary/aromatic N) is 2. The maximum atomic E-state index is 12.9. The molecule has 0 bridgehead atoms. The van der Waals surface area contributed by atoms with E-state index in [1.807, 2.05) is 35.2 Å². The van der Waals surface area contributed by atoms with Gasteiger partial charge in [-0.3, -0.25) is 9.69 Å². The van der Waals surface area contributed by atoms with E-state index in [4.69, 9.17) is 9.47 Å². The predicted molar refractivity (Wildman–Crippen MR) is 113 cm³/mol. The molecule has 2 aromatic rings. The quantitative estimate of drug-likeness (QED) is 0.778. The van der Waals surface area contributed by atoms with Crippen molar-refractivity contribution in [3.8, 4) is 5.75 Å². The summed E-state index contributed by atoms with van der Waals surface area (Å²) in [6.45, 7) is 6.85. The highest BCUT2D eigenvalue weighted by atomic mass is 16.5. The molecule has 0 aliphatic carbocycles. The van der Waals surface area contributed by atoms with Crippen molar-refractivity contribution < 1.29 is 14.3 Å². The lowest BCUT2D eigenvalue weighted by atomic mass is 9.87. The van der Waals surface area contributed by atoms with Crippen molar-refractivity contribution in [3.63, 3.8) is 0 Å². The summed E-state index contributed by atoms with van der Waals surface area (Å²) in [6, 6.07) is 18.6. The van der Waals surface area contributed by atoms with Crippen molar-refractivity contribution in [2.75, 3.05) is 40.0 Å². The van der Waals surface area contributed by atoms with Crippen LogP contribution in [0.4, 0.5) is 0 Å². The second-order valence-electron chi connectivity index (χ2n) is 8.40. The lowest BCUT2D eigenvalue weighted by Gasteiger charge is -2.33. The van der Waals surface area contributed by atoms with Gasteiger partial charge in [0.2, 0.25) is 5.91 Å². The molecule has 2 aliphatic rings. The van der Waals surface area contributed by atoms with Crippen molar-refractivity contribution in [2.45, 2.75) is 25.9 Å². The number of ether oxygens (including phenoxy) is 2. The molecule has 2 heterocycles. The number of rotatable bonds is 5. The number of carbonyl (C=O) groups is 1. The van der Waals surface area contributed by atoms with Crippen LogP contribution in [0, 0.1) is 5.41 Å². The second-order valence-corrected chi connectivity index (χ2v) is 8.40. The maximum absolute atomic E-state index is 12.9. The average Bonchev–Trinajstić information content (AvgIpc) is 2.94. The third kappa shape index (κ3) is 4.46. The Morgan fingerprint density at radius 2 is 1.86 bits per heavy atom. The topological polar surface area (TPSA) is 42.0 Å². The van der Waals surface area contributed by atoms with E-state index >= 15 is 0 Å². The zero-order chi connectivity index (χ0) is 20.3. The third-order valence-corrected chi connectivity index (χ3v) is 6.19. The van der Waals surface area contributed by atoms with Crippen LogP contribution in [0.5, 0.6) is 5.75 Å². The monoisotopic (exact) mass is 394 g/mol. The summed E-state index contributed by atoms with van der Waals surface area (Å²) in [6.07, 6.45) is 0.559. The van der Waals surface area contributed by atoms with Crippen molar-refractivity contribution >= 4 is 5.91 Å². The highest BCUT2D eigenvalue weighted by Crippen LogP contribution is 2.38. The molecule has 1 spiro atoms. The molecule has 0 saturated carbocycles. The average molecular weight is 395 g/mol. The molecule has 2 fully saturated rings. The fourth-order valence-corrected chi connectivity index (χ4v) is 4.60. The highest BCUT2D eigenvalue weighted by Gasteiger charge is 2.46. The van der Waals surface area contributed by atoms with Gasteiger partial charge in [0.15, 0.2) is 0 Å². The number of benzene rings is 2. The van der Waals surface area contributed by atoms with Crippen LogP contribution in [0.3, 0.4) is 0 Å². The number of likely N-dealkylation sites (tertiary alicyclic amines) is 1. The minimum absolute atomic E-state index is 0.0846. The van der Waals surface area contributed by atoms with E-state index in [0.717, 1.165) is 31.9 Å². The van der Waals surface area contributed by atoms with Gasteiger partial charge in [-0.1, -0.05) is 42.5 Å². The van der Waals surface area contributed by atoms with Gasteiger partial charge < -0.3 is 14.4 Å². The van der Waals surface area contributed by atoms with Gasteiger partial charge in [-0.2, -0.15) is 0 Å². The van der Waals surface area contributed by atoms with Crippen LogP contribution in [0.2, 0.25) is 0 Å². The molecule has 2 atom stereocenters. The Morgan fingerprint density at radius 3 is 2.59 bits per heavy atom. The first kappa shape index (κ1) is 19.9. The SMILES string of the molecule is COc1ccc(CN2CCOC[C@@]3(CC(=O)N([C@H](C)c4ccccc4)C3)C2)cc1. The van der Waals surface area contributed by atoms with Crippen LogP contribution in [0.15, 0.2) is 54.6 Å². The number of hydrogen-bond donors (Lipinski definition) is 0. The Kier molecular flexibility index (Phi) is 5.88. The van der Waals surface area contributed by atoms with Crippen molar-refractivity contribution in [1.82, 2.24) is 9.80 Å². The van der Waals surface area contributed by atoms with E-state index in [2.05, 4.69) is 36.1 Å². The summed E-state index contributed by atoms with van der Waals surface area (Å²) in [5, 5.41) is 0. The molecular weight excluding hydrogens is 364 g/mol. The summed E-state index contributed by atoms with van der Waals surface area (Å²) in [5.74, 6) is 1.10. The molecule has 0 N–H and O–H groups in total. The van der Waals surface area contributed by atoms with Gasteiger partial charge in [-0.25, -0.2) is 0 Å². The number of carbonyl (C=O) groups excluding carboxylic acids is 1. The van der Waals surface area contributed by atoms with E-state index in [-0.39, 0.29) is 17.4 Å². The lowest BCUT2D eigenvalue weighted by Crippen LogP contribution is -2.40. The number of hydrogen-bond acceptors (Lipinski definition) is 4. The lowest BCUT2D eigenvalue weighted by molar-refractivity contribution is -0.129. The molecule has 4 rings (SSSR count). The maximum Gasteiger partial charge on any atom is 0.223 e. The summed E-state index contributed by atoms with van der Waals surface area (Å²) < 4.78 is 11.2. The Balaban J connectivity index is 1.47. The Hall–Kier alpha value is -2.37. The number of methoxy groups -OCH3 is 1. The molecule has 154 valence electrons. The van der Waals surface area contributed by atoms with Gasteiger partial charge in [0.1, 0.15) is 5.75 Å². The summed E-state index contributed by atoms with van der Waals surface area (Å²) in [7, 11) is 1.68. The molecular formula is C24H30N2O3. The normalized spacial score (nSPS) is 23.9. The minimum atomic E-state index is -0.136. The molecule has 1 amide bonds. The van der Waals surface area contributed by atoms with E-state index in [9.17, 15) is 4.79 Å². The molecule has 0 radical (unpaired) electrons. The van der Waals surface area contributed by atoms with Gasteiger partial charge in [0, 0.05) is 38.0 Å². The van der Waals surface area contributed by atoms with Crippen LogP contribution in [-0.2, 0) is 16.1 Å². The van der Waals surface area contributed by atoms with Crippen LogP contribution < -0.4 is 4.74 Å². The minimum Gasteiger partial charge on any atom is -0.497 e. The van der Waals surface area contributed by atoms with Crippen LogP contribution in [-0.4, -0.2) is 55.7 Å². The van der Waals surface area contributed by atoms with Crippen LogP contribution in [0.25, 0.3) is 0 Å². The molecule has 5 heteroatoms. The molecule has 2 aliphatic heterocycles. The van der Waals surface area contributed by atoms with E-state index < -0.39 is 0 Å². The van der Waals surface area contributed by atoms with E-state index in [1.54, 1.807) is 7.11 Å². The first-order chi connectivity index (χ1) is 14.1. The Morgan fingerprint density at radius 1 is 1.10 bits per heavy atom. The Bertz CT molecular complexity index is 824. The molecule has 0 unspecified atom stereocenters. The van der Waals surface area contributed by atoms with Gasteiger partial charge in [-0.05, 0) is 30.2 Å². The molecule has 2 saturated heterocycles. The third-order valence-electron chi connectivity index (χ3n) is 6.19. The summed E-state index contributed by atoms with van der Waals surface area (Å²) in [4.78, 5) is 17.4. The fourth-order valence-electron chi connectivity index (χ4n) is 4.60. The zero-order valence-electron chi connectivity index (χ0n) is 17.3. The van der Waals surface area contributed by atoms with Gasteiger partial charge in [0.25, 0.3) is 0 Å². The second kappa shape index (κ2) is 8.56. The highest BCUT2D eigenvalue weighted by molar-refractivity contribution is 5.80. The molecule has 2 aromatic carbocycles.